The highest BCUT2D eigenvalue weighted by Crippen LogP contribution is 2.24. The first-order chi connectivity index (χ1) is 12.1. The van der Waals surface area contributed by atoms with Crippen LogP contribution >= 0.6 is 12.2 Å². The minimum Gasteiger partial charge on any atom is -0.468 e. The van der Waals surface area contributed by atoms with Crippen molar-refractivity contribution in [3.63, 3.8) is 0 Å². The molecule has 6 heteroatoms. The Morgan fingerprint density at radius 3 is 2.76 bits per heavy atom. The number of hydrogen-bond donors (Lipinski definition) is 2. The number of likely N-dealkylation sites (tertiary alicyclic amines) is 1. The highest BCUT2D eigenvalue weighted by molar-refractivity contribution is 7.80. The molecule has 0 unspecified atom stereocenters. The number of nitrogens with one attached hydrogen (secondary N) is 2. The van der Waals surface area contributed by atoms with Gasteiger partial charge in [-0.25, -0.2) is 4.39 Å². The monoisotopic (exact) mass is 361 g/mol. The smallest absolute Gasteiger partial charge is 0.170 e. The average Bonchev–Trinajstić information content (AvgIpc) is 3.14. The van der Waals surface area contributed by atoms with Gasteiger partial charge in [0.1, 0.15) is 11.6 Å². The maximum absolute atomic E-state index is 13.6. The van der Waals surface area contributed by atoms with Crippen LogP contribution in [0.25, 0.3) is 0 Å². The molecule has 0 amide bonds. The summed E-state index contributed by atoms with van der Waals surface area (Å²) in [5.74, 6) is 0.702. The second-order valence-corrected chi connectivity index (χ2v) is 6.84. The lowest BCUT2D eigenvalue weighted by Crippen LogP contribution is -2.41. The van der Waals surface area contributed by atoms with Gasteiger partial charge in [0.2, 0.25) is 0 Å². The molecule has 0 aliphatic carbocycles. The van der Waals surface area contributed by atoms with Gasteiger partial charge in [-0.05, 0) is 74.9 Å². The zero-order valence-electron chi connectivity index (χ0n) is 14.4. The van der Waals surface area contributed by atoms with Crippen LogP contribution in [0.3, 0.4) is 0 Å². The lowest BCUT2D eigenvalue weighted by atomic mass is 10.1. The lowest BCUT2D eigenvalue weighted by molar-refractivity contribution is 0.146. The zero-order chi connectivity index (χ0) is 17.6. The molecule has 1 atom stereocenters. The van der Waals surface area contributed by atoms with E-state index in [0.717, 1.165) is 18.8 Å². The highest BCUT2D eigenvalue weighted by Gasteiger charge is 2.24. The van der Waals surface area contributed by atoms with E-state index in [4.69, 9.17) is 16.6 Å². The van der Waals surface area contributed by atoms with Crippen molar-refractivity contribution in [1.29, 1.82) is 0 Å². The molecule has 0 saturated carbocycles. The molecule has 0 bridgehead atoms. The summed E-state index contributed by atoms with van der Waals surface area (Å²) in [4.78, 5) is 2.43. The zero-order valence-corrected chi connectivity index (χ0v) is 15.2. The molecule has 4 nitrogen and oxygen atoms in total. The molecule has 1 aliphatic heterocycles. The number of furan rings is 1. The summed E-state index contributed by atoms with van der Waals surface area (Å²) in [6, 6.07) is 9.08. The third-order valence-corrected chi connectivity index (χ3v) is 4.84. The molecule has 1 aromatic carbocycles. The Bertz CT molecular complexity index is 699. The fourth-order valence-electron chi connectivity index (χ4n) is 3.16. The van der Waals surface area contributed by atoms with E-state index in [0.29, 0.717) is 22.9 Å². The van der Waals surface area contributed by atoms with Crippen molar-refractivity contribution in [2.75, 3.05) is 25.0 Å². The first kappa shape index (κ1) is 17.9. The van der Waals surface area contributed by atoms with E-state index in [1.54, 1.807) is 19.3 Å². The number of benzene rings is 1. The van der Waals surface area contributed by atoms with Gasteiger partial charge in [-0.3, -0.25) is 4.90 Å². The number of aryl methyl sites for hydroxylation is 1. The van der Waals surface area contributed by atoms with Gasteiger partial charge in [0, 0.05) is 12.2 Å². The fourth-order valence-corrected chi connectivity index (χ4v) is 3.36. The van der Waals surface area contributed by atoms with Gasteiger partial charge in [0.25, 0.3) is 0 Å². The van der Waals surface area contributed by atoms with Crippen molar-refractivity contribution in [1.82, 2.24) is 10.2 Å². The molecular weight excluding hydrogens is 337 g/mol. The molecule has 1 aliphatic rings. The number of nitrogens with zero attached hydrogens (tertiary/aromatic N) is 1. The quantitative estimate of drug-likeness (QED) is 0.780. The molecule has 134 valence electrons. The molecule has 0 radical (unpaired) electrons. The summed E-state index contributed by atoms with van der Waals surface area (Å²) in [5.41, 5.74) is 1.26. The molecular formula is C19H24FN3OS. The number of rotatable bonds is 5. The summed E-state index contributed by atoms with van der Waals surface area (Å²) in [6.45, 7) is 4.52. The number of hydrogen-bond acceptors (Lipinski definition) is 3. The summed E-state index contributed by atoms with van der Waals surface area (Å²) < 4.78 is 19.3. The second kappa shape index (κ2) is 8.45. The van der Waals surface area contributed by atoms with Crippen molar-refractivity contribution in [3.8, 4) is 0 Å². The minimum atomic E-state index is -0.241. The molecule has 1 fully saturated rings. The van der Waals surface area contributed by atoms with Gasteiger partial charge in [0.05, 0.1) is 12.3 Å². The van der Waals surface area contributed by atoms with Crippen LogP contribution in [-0.2, 0) is 0 Å². The van der Waals surface area contributed by atoms with E-state index >= 15 is 0 Å². The molecule has 2 heterocycles. The molecule has 2 N–H and O–H groups in total. The van der Waals surface area contributed by atoms with Crippen molar-refractivity contribution < 1.29 is 8.81 Å². The Hall–Kier alpha value is -1.92. The van der Waals surface area contributed by atoms with Crippen molar-refractivity contribution in [2.45, 2.75) is 32.2 Å². The average molecular weight is 361 g/mol. The van der Waals surface area contributed by atoms with Crippen LogP contribution in [0.5, 0.6) is 0 Å². The van der Waals surface area contributed by atoms with Gasteiger partial charge in [-0.15, -0.1) is 0 Å². The number of piperidine rings is 1. The van der Waals surface area contributed by atoms with Crippen LogP contribution in [0, 0.1) is 12.7 Å². The molecule has 3 rings (SSSR count). The van der Waals surface area contributed by atoms with Gasteiger partial charge < -0.3 is 15.1 Å². The molecule has 1 aromatic heterocycles. The van der Waals surface area contributed by atoms with Crippen LogP contribution in [0.2, 0.25) is 0 Å². The Morgan fingerprint density at radius 1 is 1.28 bits per heavy atom. The predicted molar refractivity (Wildman–Crippen MR) is 102 cm³/mol. The Morgan fingerprint density at radius 2 is 2.08 bits per heavy atom. The lowest BCUT2D eigenvalue weighted by Gasteiger charge is -2.33. The van der Waals surface area contributed by atoms with Crippen LogP contribution in [-0.4, -0.2) is 29.6 Å². The highest BCUT2D eigenvalue weighted by atomic mass is 32.1. The number of thiocarbonyl (C=S) groups is 1. The van der Waals surface area contributed by atoms with Crippen molar-refractivity contribution in [3.05, 3.63) is 53.7 Å². The topological polar surface area (TPSA) is 40.4 Å². The number of anilines is 1. The Balaban J connectivity index is 1.60. The third-order valence-electron chi connectivity index (χ3n) is 4.59. The van der Waals surface area contributed by atoms with Crippen LogP contribution in [0.1, 0.15) is 36.6 Å². The fraction of sp³-hybridized carbons (Fsp3) is 0.421. The van der Waals surface area contributed by atoms with E-state index in [9.17, 15) is 4.39 Å². The van der Waals surface area contributed by atoms with Gasteiger partial charge in [-0.1, -0.05) is 12.5 Å². The predicted octanol–water partition coefficient (Wildman–Crippen LogP) is 4.24. The van der Waals surface area contributed by atoms with E-state index in [1.807, 2.05) is 18.2 Å². The third kappa shape index (κ3) is 4.80. The van der Waals surface area contributed by atoms with Crippen LogP contribution < -0.4 is 10.6 Å². The van der Waals surface area contributed by atoms with Crippen LogP contribution in [0.4, 0.5) is 10.1 Å². The SMILES string of the molecule is Cc1ccc(NC(=S)NC[C@@H](c2ccco2)N2CCCCC2)cc1F. The van der Waals surface area contributed by atoms with Crippen molar-refractivity contribution >= 4 is 23.0 Å². The largest absolute Gasteiger partial charge is 0.468 e. The summed E-state index contributed by atoms with van der Waals surface area (Å²) in [5, 5.41) is 6.78. The van der Waals surface area contributed by atoms with E-state index in [2.05, 4.69) is 15.5 Å². The van der Waals surface area contributed by atoms with Gasteiger partial charge in [-0.2, -0.15) is 0 Å². The maximum Gasteiger partial charge on any atom is 0.170 e. The number of halogens is 1. The van der Waals surface area contributed by atoms with Gasteiger partial charge in [0.15, 0.2) is 5.11 Å². The first-order valence-corrected chi connectivity index (χ1v) is 9.13. The first-order valence-electron chi connectivity index (χ1n) is 8.72. The molecule has 1 saturated heterocycles. The van der Waals surface area contributed by atoms with Crippen molar-refractivity contribution in [2.24, 2.45) is 0 Å². The summed E-state index contributed by atoms with van der Waals surface area (Å²) in [6.07, 6.45) is 5.41. The molecule has 2 aromatic rings. The molecule has 25 heavy (non-hydrogen) atoms. The summed E-state index contributed by atoms with van der Waals surface area (Å²) in [7, 11) is 0. The molecule has 0 spiro atoms. The normalized spacial score (nSPS) is 16.4. The minimum absolute atomic E-state index is 0.143. The van der Waals surface area contributed by atoms with E-state index in [-0.39, 0.29) is 11.9 Å². The van der Waals surface area contributed by atoms with Crippen LogP contribution in [0.15, 0.2) is 41.0 Å². The maximum atomic E-state index is 13.6. The summed E-state index contributed by atoms with van der Waals surface area (Å²) >= 11 is 5.37. The second-order valence-electron chi connectivity index (χ2n) is 6.43. The van der Waals surface area contributed by atoms with E-state index < -0.39 is 0 Å². The standard InChI is InChI=1S/C19H24FN3OS/c1-14-7-8-15(12-16(14)20)22-19(25)21-13-17(18-6-5-11-24-18)23-9-3-2-4-10-23/h5-8,11-12,17H,2-4,9-10,13H2,1H3,(H2,21,22,25)/t17-/m0/s1. The van der Waals surface area contributed by atoms with Gasteiger partial charge >= 0.3 is 0 Å². The Labute approximate surface area is 153 Å². The Kier molecular flexibility index (Phi) is 6.04. The van der Waals surface area contributed by atoms with E-state index in [1.165, 1.54) is 25.3 Å².